The number of ketones is 2. The highest BCUT2D eigenvalue weighted by Crippen LogP contribution is 2.21. The van der Waals surface area contributed by atoms with Crippen molar-refractivity contribution in [3.05, 3.63) is 48.1 Å². The molecule has 0 spiro atoms. The molecule has 1 aromatic rings. The molecule has 17 heavy (non-hydrogen) atoms. The third-order valence-electron chi connectivity index (χ3n) is 2.65. The molecule has 0 aromatic heterocycles. The summed E-state index contributed by atoms with van der Waals surface area (Å²) in [7, 11) is 3.90. The zero-order valence-corrected chi connectivity index (χ0v) is 9.81. The van der Waals surface area contributed by atoms with Crippen molar-refractivity contribution >= 4 is 22.8 Å². The van der Waals surface area contributed by atoms with Crippen LogP contribution in [0.2, 0.25) is 0 Å². The summed E-state index contributed by atoms with van der Waals surface area (Å²) in [6.45, 7) is 0. The molecular weight excluding hydrogens is 214 g/mol. The molecule has 0 radical (unpaired) electrons. The molecule has 0 heterocycles. The van der Waals surface area contributed by atoms with Gasteiger partial charge in [-0.25, -0.2) is 0 Å². The Morgan fingerprint density at radius 3 is 2.18 bits per heavy atom. The van der Waals surface area contributed by atoms with Gasteiger partial charge in [0.15, 0.2) is 11.6 Å². The fourth-order valence-corrected chi connectivity index (χ4v) is 1.67. The monoisotopic (exact) mass is 227 g/mol. The molecule has 0 fully saturated rings. The van der Waals surface area contributed by atoms with Crippen molar-refractivity contribution in [2.24, 2.45) is 0 Å². The van der Waals surface area contributed by atoms with Crippen molar-refractivity contribution in [1.82, 2.24) is 0 Å². The number of anilines is 1. The van der Waals surface area contributed by atoms with Gasteiger partial charge in [0, 0.05) is 25.4 Å². The summed E-state index contributed by atoms with van der Waals surface area (Å²) >= 11 is 0. The molecule has 1 aromatic carbocycles. The van der Waals surface area contributed by atoms with Crippen molar-refractivity contribution < 1.29 is 9.59 Å². The second kappa shape index (κ2) is 4.37. The van der Waals surface area contributed by atoms with Crippen LogP contribution in [0.3, 0.4) is 0 Å². The maximum Gasteiger partial charge on any atom is 0.186 e. The number of carbonyl (C=O) groups is 2. The van der Waals surface area contributed by atoms with E-state index in [1.54, 1.807) is 0 Å². The van der Waals surface area contributed by atoms with Crippen molar-refractivity contribution in [1.29, 1.82) is 0 Å². The van der Waals surface area contributed by atoms with Crippen LogP contribution in [0, 0.1) is 0 Å². The molecule has 0 saturated heterocycles. The lowest BCUT2D eigenvalue weighted by atomic mass is 9.96. The Labute approximate surface area is 100 Å². The van der Waals surface area contributed by atoms with Crippen molar-refractivity contribution in [3.63, 3.8) is 0 Å². The highest BCUT2D eigenvalue weighted by molar-refractivity contribution is 6.33. The number of carbonyl (C=O) groups excluding carboxylic acids is 2. The first-order chi connectivity index (χ1) is 8.08. The van der Waals surface area contributed by atoms with E-state index in [9.17, 15) is 9.59 Å². The largest absolute Gasteiger partial charge is 0.378 e. The number of nitrogens with zero attached hydrogens (tertiary/aromatic N) is 1. The van der Waals surface area contributed by atoms with E-state index in [1.165, 1.54) is 18.2 Å². The third-order valence-corrected chi connectivity index (χ3v) is 2.65. The minimum Gasteiger partial charge on any atom is -0.378 e. The molecule has 0 aliphatic heterocycles. The van der Waals surface area contributed by atoms with E-state index >= 15 is 0 Å². The molecule has 3 heteroatoms. The Morgan fingerprint density at radius 2 is 1.59 bits per heavy atom. The van der Waals surface area contributed by atoms with E-state index in [4.69, 9.17) is 0 Å². The van der Waals surface area contributed by atoms with E-state index in [0.29, 0.717) is 5.57 Å². The first-order valence-electron chi connectivity index (χ1n) is 5.34. The molecule has 0 atom stereocenters. The molecule has 0 amide bonds. The average Bonchev–Trinajstić information content (AvgIpc) is 2.32. The van der Waals surface area contributed by atoms with Gasteiger partial charge in [0.25, 0.3) is 0 Å². The van der Waals surface area contributed by atoms with Crippen LogP contribution in [0.5, 0.6) is 0 Å². The summed E-state index contributed by atoms with van der Waals surface area (Å²) in [5, 5.41) is 0. The van der Waals surface area contributed by atoms with Crippen LogP contribution in [0.1, 0.15) is 5.56 Å². The van der Waals surface area contributed by atoms with Crippen molar-refractivity contribution in [2.45, 2.75) is 0 Å². The summed E-state index contributed by atoms with van der Waals surface area (Å²) in [5.41, 5.74) is 2.29. The Kier molecular flexibility index (Phi) is 2.91. The summed E-state index contributed by atoms with van der Waals surface area (Å²) in [6.07, 6.45) is 3.99. The maximum absolute atomic E-state index is 11.6. The van der Waals surface area contributed by atoms with E-state index in [1.807, 2.05) is 43.3 Å². The fraction of sp³-hybridized carbons (Fsp3) is 0.143. The minimum atomic E-state index is -0.142. The lowest BCUT2D eigenvalue weighted by Gasteiger charge is -2.13. The zero-order chi connectivity index (χ0) is 12.4. The summed E-state index contributed by atoms with van der Waals surface area (Å²) in [6, 6.07) is 7.55. The summed E-state index contributed by atoms with van der Waals surface area (Å²) in [4.78, 5) is 24.9. The Bertz CT molecular complexity index is 522. The first kappa shape index (κ1) is 11.3. The molecule has 1 aliphatic carbocycles. The van der Waals surface area contributed by atoms with Gasteiger partial charge in [-0.15, -0.1) is 0 Å². The molecule has 0 unspecified atom stereocenters. The smallest absolute Gasteiger partial charge is 0.186 e. The fourth-order valence-electron chi connectivity index (χ4n) is 1.67. The maximum atomic E-state index is 11.6. The van der Waals surface area contributed by atoms with Crippen LogP contribution in [0.15, 0.2) is 42.5 Å². The van der Waals surface area contributed by atoms with E-state index in [0.717, 1.165) is 11.3 Å². The van der Waals surface area contributed by atoms with E-state index < -0.39 is 0 Å². The quantitative estimate of drug-likeness (QED) is 0.723. The van der Waals surface area contributed by atoms with Gasteiger partial charge < -0.3 is 4.90 Å². The van der Waals surface area contributed by atoms with Crippen molar-refractivity contribution in [3.8, 4) is 0 Å². The topological polar surface area (TPSA) is 37.4 Å². The van der Waals surface area contributed by atoms with E-state index in [2.05, 4.69) is 0 Å². The number of hydrogen-bond donors (Lipinski definition) is 0. The predicted octanol–water partition coefficient (Wildman–Crippen LogP) is 1.84. The van der Waals surface area contributed by atoms with Crippen LogP contribution in [0.25, 0.3) is 5.57 Å². The molecule has 2 rings (SSSR count). The average molecular weight is 227 g/mol. The minimum absolute atomic E-state index is 0.123. The van der Waals surface area contributed by atoms with Crippen LogP contribution >= 0.6 is 0 Å². The van der Waals surface area contributed by atoms with Gasteiger partial charge >= 0.3 is 0 Å². The molecule has 1 aliphatic rings. The second-order valence-corrected chi connectivity index (χ2v) is 4.10. The SMILES string of the molecule is CN(C)c1ccc(C2=CC(=O)C=CC2=O)cc1. The highest BCUT2D eigenvalue weighted by atomic mass is 16.1. The molecular formula is C14H13NO2. The molecule has 3 nitrogen and oxygen atoms in total. The van der Waals surface area contributed by atoms with Crippen LogP contribution in [0.4, 0.5) is 5.69 Å². The van der Waals surface area contributed by atoms with Crippen molar-refractivity contribution in [2.75, 3.05) is 19.0 Å². The number of hydrogen-bond acceptors (Lipinski definition) is 3. The highest BCUT2D eigenvalue weighted by Gasteiger charge is 2.14. The van der Waals surface area contributed by atoms with E-state index in [-0.39, 0.29) is 11.6 Å². The van der Waals surface area contributed by atoms with Crippen LogP contribution < -0.4 is 4.90 Å². The first-order valence-corrected chi connectivity index (χ1v) is 5.34. The standard InChI is InChI=1S/C14H13NO2/c1-15(2)11-5-3-10(4-6-11)13-9-12(16)7-8-14(13)17/h3-9H,1-2H3. The lowest BCUT2D eigenvalue weighted by Crippen LogP contribution is -2.09. The molecule has 0 bridgehead atoms. The van der Waals surface area contributed by atoms with Crippen LogP contribution in [-0.2, 0) is 9.59 Å². The summed E-state index contributed by atoms with van der Waals surface area (Å²) < 4.78 is 0. The number of rotatable bonds is 2. The van der Waals surface area contributed by atoms with Gasteiger partial charge in [0.05, 0.1) is 0 Å². The summed E-state index contributed by atoms with van der Waals surface area (Å²) in [5.74, 6) is -0.265. The predicted molar refractivity (Wildman–Crippen MR) is 67.9 cm³/mol. The van der Waals surface area contributed by atoms with Gasteiger partial charge in [-0.05, 0) is 35.9 Å². The Morgan fingerprint density at radius 1 is 0.941 bits per heavy atom. The number of allylic oxidation sites excluding steroid dienone is 4. The lowest BCUT2D eigenvalue weighted by molar-refractivity contribution is -0.113. The van der Waals surface area contributed by atoms with Gasteiger partial charge in [0.1, 0.15) is 0 Å². The third kappa shape index (κ3) is 2.33. The Balaban J connectivity index is 2.35. The molecule has 0 N–H and O–H groups in total. The molecule has 86 valence electrons. The van der Waals surface area contributed by atoms with Gasteiger partial charge in [0.2, 0.25) is 0 Å². The van der Waals surface area contributed by atoms with Gasteiger partial charge in [-0.1, -0.05) is 12.1 Å². The zero-order valence-electron chi connectivity index (χ0n) is 9.81. The second-order valence-electron chi connectivity index (χ2n) is 4.10. The normalized spacial score (nSPS) is 14.8. The number of benzene rings is 1. The Hall–Kier alpha value is -2.16. The van der Waals surface area contributed by atoms with Gasteiger partial charge in [-0.2, -0.15) is 0 Å². The van der Waals surface area contributed by atoms with Crippen LogP contribution in [-0.4, -0.2) is 25.7 Å². The molecule has 0 saturated carbocycles. The van der Waals surface area contributed by atoms with Gasteiger partial charge in [-0.3, -0.25) is 9.59 Å².